The second-order valence-corrected chi connectivity index (χ2v) is 13.2. The van der Waals surface area contributed by atoms with Crippen LogP contribution in [-0.2, 0) is 32.6 Å². The highest BCUT2D eigenvalue weighted by molar-refractivity contribution is 7.92. The number of benzene rings is 4. The molecule has 2 amide bonds. The number of carbonyl (C=O) groups is 2. The molecular formula is C33H32Cl2FN3O4S. The van der Waals surface area contributed by atoms with Crippen LogP contribution >= 0.6 is 23.2 Å². The lowest BCUT2D eigenvalue weighted by molar-refractivity contribution is -0.140. The van der Waals surface area contributed by atoms with Gasteiger partial charge in [-0.2, -0.15) is 0 Å². The van der Waals surface area contributed by atoms with E-state index in [-0.39, 0.29) is 34.6 Å². The van der Waals surface area contributed by atoms with E-state index in [1.165, 1.54) is 65.6 Å². The van der Waals surface area contributed by atoms with Gasteiger partial charge in [-0.15, -0.1) is 0 Å². The number of hydrogen-bond donors (Lipinski definition) is 1. The van der Waals surface area contributed by atoms with Crippen LogP contribution in [0.25, 0.3) is 0 Å². The van der Waals surface area contributed by atoms with E-state index in [2.05, 4.69) is 5.32 Å². The molecule has 7 nitrogen and oxygen atoms in total. The van der Waals surface area contributed by atoms with Crippen LogP contribution in [-0.4, -0.2) is 43.8 Å². The predicted molar refractivity (Wildman–Crippen MR) is 172 cm³/mol. The highest BCUT2D eigenvalue weighted by Gasteiger charge is 2.35. The molecule has 0 aliphatic rings. The molecule has 0 aliphatic carbocycles. The topological polar surface area (TPSA) is 86.8 Å². The molecule has 230 valence electrons. The molecule has 0 saturated heterocycles. The number of nitrogens with one attached hydrogen (secondary N) is 1. The van der Waals surface area contributed by atoms with Gasteiger partial charge in [0.2, 0.25) is 11.8 Å². The predicted octanol–water partition coefficient (Wildman–Crippen LogP) is 6.49. The van der Waals surface area contributed by atoms with Crippen molar-refractivity contribution in [1.82, 2.24) is 10.2 Å². The monoisotopic (exact) mass is 655 g/mol. The van der Waals surface area contributed by atoms with Gasteiger partial charge in [0.05, 0.1) is 10.6 Å². The first-order valence-electron chi connectivity index (χ1n) is 13.9. The number of amides is 2. The second kappa shape index (κ2) is 14.7. The van der Waals surface area contributed by atoms with Crippen molar-refractivity contribution in [3.05, 3.63) is 130 Å². The lowest BCUT2D eigenvalue weighted by atomic mass is 10.0. The van der Waals surface area contributed by atoms with Crippen LogP contribution in [0.5, 0.6) is 0 Å². The van der Waals surface area contributed by atoms with Crippen molar-refractivity contribution in [2.24, 2.45) is 0 Å². The first-order chi connectivity index (χ1) is 20.9. The van der Waals surface area contributed by atoms with Gasteiger partial charge in [0.1, 0.15) is 18.4 Å². The van der Waals surface area contributed by atoms with Crippen LogP contribution in [0.3, 0.4) is 0 Å². The Hall–Kier alpha value is -3.92. The summed E-state index contributed by atoms with van der Waals surface area (Å²) in [5.74, 6) is -1.51. The average molecular weight is 657 g/mol. The molecular weight excluding hydrogens is 624 g/mol. The summed E-state index contributed by atoms with van der Waals surface area (Å²) in [4.78, 5) is 29.3. The Bertz CT molecular complexity index is 1690. The van der Waals surface area contributed by atoms with Crippen molar-refractivity contribution in [3.8, 4) is 0 Å². The van der Waals surface area contributed by atoms with Crippen molar-refractivity contribution >= 4 is 50.7 Å². The lowest BCUT2D eigenvalue weighted by Gasteiger charge is -2.34. The Kier molecular flexibility index (Phi) is 11.0. The van der Waals surface area contributed by atoms with Crippen LogP contribution in [0.1, 0.15) is 25.0 Å². The fraction of sp³-hybridized carbons (Fsp3) is 0.212. The molecule has 0 unspecified atom stereocenters. The Morgan fingerprint density at radius 3 is 2.09 bits per heavy atom. The molecule has 0 radical (unpaired) electrons. The van der Waals surface area contributed by atoms with E-state index >= 15 is 0 Å². The zero-order chi connectivity index (χ0) is 31.9. The van der Waals surface area contributed by atoms with Crippen LogP contribution in [0, 0.1) is 5.82 Å². The van der Waals surface area contributed by atoms with Gasteiger partial charge in [-0.3, -0.25) is 13.9 Å². The third-order valence-corrected chi connectivity index (χ3v) is 9.02. The number of carbonyl (C=O) groups excluding carboxylic acids is 2. The smallest absolute Gasteiger partial charge is 0.264 e. The van der Waals surface area contributed by atoms with E-state index in [1.807, 2.05) is 44.2 Å². The van der Waals surface area contributed by atoms with E-state index < -0.39 is 40.2 Å². The SMILES string of the molecule is CC(C)NC(=O)[C@@H](Cc1ccccc1)N(Cc1ccc(F)cc1)C(=O)CN(c1cccc(Cl)c1)S(=O)(=O)c1ccc(Cl)cc1. The number of hydrogen-bond acceptors (Lipinski definition) is 4. The minimum Gasteiger partial charge on any atom is -0.352 e. The van der Waals surface area contributed by atoms with Gasteiger partial charge >= 0.3 is 0 Å². The Morgan fingerprint density at radius 1 is 0.818 bits per heavy atom. The molecule has 0 spiro atoms. The molecule has 0 bridgehead atoms. The second-order valence-electron chi connectivity index (χ2n) is 10.5. The van der Waals surface area contributed by atoms with Gasteiger partial charge in [0.15, 0.2) is 0 Å². The standard InChI is InChI=1S/C33H32Cl2FN3O4S/c1-23(2)37-33(41)31(19-24-7-4-3-5-8-24)38(21-25-11-15-28(36)16-12-25)32(40)22-39(29-10-6-9-27(35)20-29)44(42,43)30-17-13-26(34)14-18-30/h3-18,20,23,31H,19,21-22H2,1-2H3,(H,37,41)/t31-/m1/s1. The Labute approximate surface area is 267 Å². The fourth-order valence-electron chi connectivity index (χ4n) is 4.61. The van der Waals surface area contributed by atoms with Crippen LogP contribution < -0.4 is 9.62 Å². The molecule has 4 rings (SSSR count). The summed E-state index contributed by atoms with van der Waals surface area (Å²) in [7, 11) is -4.30. The molecule has 0 saturated carbocycles. The third-order valence-electron chi connectivity index (χ3n) is 6.74. The third kappa shape index (κ3) is 8.59. The molecule has 0 aliphatic heterocycles. The highest BCUT2D eigenvalue weighted by atomic mass is 35.5. The van der Waals surface area contributed by atoms with Gasteiger partial charge < -0.3 is 10.2 Å². The van der Waals surface area contributed by atoms with Gasteiger partial charge in [0, 0.05) is 29.1 Å². The molecule has 44 heavy (non-hydrogen) atoms. The summed E-state index contributed by atoms with van der Waals surface area (Å²) in [6.07, 6.45) is 0.160. The summed E-state index contributed by atoms with van der Waals surface area (Å²) >= 11 is 12.2. The summed E-state index contributed by atoms with van der Waals surface area (Å²) in [6.45, 7) is 2.89. The Morgan fingerprint density at radius 2 is 1.48 bits per heavy atom. The van der Waals surface area contributed by atoms with Crippen molar-refractivity contribution in [2.45, 2.75) is 43.8 Å². The number of anilines is 1. The molecule has 11 heteroatoms. The maximum absolute atomic E-state index is 14.3. The van der Waals surface area contributed by atoms with Crippen LogP contribution in [0.2, 0.25) is 10.0 Å². The zero-order valence-electron chi connectivity index (χ0n) is 24.2. The molecule has 0 fully saturated rings. The summed E-state index contributed by atoms with van der Waals surface area (Å²) in [5.41, 5.74) is 1.52. The van der Waals surface area contributed by atoms with Gasteiger partial charge in [-0.25, -0.2) is 12.8 Å². The van der Waals surface area contributed by atoms with E-state index in [0.717, 1.165) is 9.87 Å². The van der Waals surface area contributed by atoms with Crippen molar-refractivity contribution in [3.63, 3.8) is 0 Å². The van der Waals surface area contributed by atoms with E-state index in [4.69, 9.17) is 23.2 Å². The van der Waals surface area contributed by atoms with Crippen LogP contribution in [0.4, 0.5) is 10.1 Å². The van der Waals surface area contributed by atoms with Gasteiger partial charge in [-0.05, 0) is 79.6 Å². The molecule has 1 atom stereocenters. The zero-order valence-corrected chi connectivity index (χ0v) is 26.5. The quantitative estimate of drug-likeness (QED) is 0.189. The normalized spacial score (nSPS) is 12.0. The molecule has 0 heterocycles. The maximum Gasteiger partial charge on any atom is 0.264 e. The van der Waals surface area contributed by atoms with Gasteiger partial charge in [-0.1, -0.05) is 71.7 Å². The largest absolute Gasteiger partial charge is 0.352 e. The van der Waals surface area contributed by atoms with Crippen molar-refractivity contribution in [1.29, 1.82) is 0 Å². The number of halogens is 3. The number of nitrogens with zero attached hydrogens (tertiary/aromatic N) is 2. The van der Waals surface area contributed by atoms with Crippen molar-refractivity contribution < 1.29 is 22.4 Å². The number of sulfonamides is 1. The first kappa shape index (κ1) is 33.0. The maximum atomic E-state index is 14.3. The molecule has 1 N–H and O–H groups in total. The first-order valence-corrected chi connectivity index (χ1v) is 16.1. The Balaban J connectivity index is 1.80. The minimum atomic E-state index is -4.30. The summed E-state index contributed by atoms with van der Waals surface area (Å²) < 4.78 is 42.7. The summed E-state index contributed by atoms with van der Waals surface area (Å²) in [5, 5.41) is 3.51. The molecule has 0 aromatic heterocycles. The fourth-order valence-corrected chi connectivity index (χ4v) is 6.33. The van der Waals surface area contributed by atoms with E-state index in [9.17, 15) is 22.4 Å². The van der Waals surface area contributed by atoms with Crippen molar-refractivity contribution in [2.75, 3.05) is 10.8 Å². The summed E-state index contributed by atoms with van der Waals surface area (Å²) in [6, 6.07) is 25.3. The lowest BCUT2D eigenvalue weighted by Crippen LogP contribution is -2.54. The van der Waals surface area contributed by atoms with E-state index in [1.54, 1.807) is 12.1 Å². The highest BCUT2D eigenvalue weighted by Crippen LogP contribution is 2.28. The average Bonchev–Trinajstić information content (AvgIpc) is 2.98. The minimum absolute atomic E-state index is 0.0769. The number of rotatable bonds is 12. The molecule has 4 aromatic rings. The van der Waals surface area contributed by atoms with Gasteiger partial charge in [0.25, 0.3) is 10.0 Å². The van der Waals surface area contributed by atoms with Crippen LogP contribution in [0.15, 0.2) is 108 Å². The molecule has 4 aromatic carbocycles. The van der Waals surface area contributed by atoms with E-state index in [0.29, 0.717) is 10.6 Å².